The number of nitro groups is 1. The van der Waals surface area contributed by atoms with E-state index < -0.39 is 43.7 Å². The van der Waals surface area contributed by atoms with Crippen molar-refractivity contribution < 1.29 is 26.9 Å². The second-order valence-electron chi connectivity index (χ2n) is 4.47. The molecule has 7 nitrogen and oxygen atoms in total. The van der Waals surface area contributed by atoms with E-state index in [4.69, 9.17) is 0 Å². The minimum absolute atomic E-state index is 0.00130. The van der Waals surface area contributed by atoms with E-state index in [9.17, 15) is 32.1 Å². The van der Waals surface area contributed by atoms with E-state index in [1.165, 1.54) is 0 Å². The fourth-order valence-electron chi connectivity index (χ4n) is 2.01. The highest BCUT2D eigenvalue weighted by molar-refractivity contribution is 7.89. The average molecular weight is 320 g/mol. The molecule has 1 aliphatic heterocycles. The van der Waals surface area contributed by atoms with E-state index in [2.05, 4.69) is 0 Å². The summed E-state index contributed by atoms with van der Waals surface area (Å²) in [5.41, 5.74) is -1.14. The van der Waals surface area contributed by atoms with Gasteiger partial charge in [-0.2, -0.15) is 8.70 Å². The summed E-state index contributed by atoms with van der Waals surface area (Å²) in [6.45, 7) is -0.425. The van der Waals surface area contributed by atoms with Gasteiger partial charge in [0.15, 0.2) is 0 Å². The number of nitrogens with zero attached hydrogens (tertiary/aromatic N) is 2. The summed E-state index contributed by atoms with van der Waals surface area (Å²) in [7, 11) is -4.43. The Balaban J connectivity index is 2.51. The number of piperidine rings is 1. The summed E-state index contributed by atoms with van der Waals surface area (Å²) in [4.78, 5) is 19.8. The lowest BCUT2D eigenvalue weighted by Crippen LogP contribution is -2.40. The molecule has 1 fully saturated rings. The zero-order chi connectivity index (χ0) is 15.8. The van der Waals surface area contributed by atoms with Gasteiger partial charge in [-0.3, -0.25) is 14.9 Å². The van der Waals surface area contributed by atoms with E-state index in [0.29, 0.717) is 6.07 Å². The van der Waals surface area contributed by atoms with Crippen molar-refractivity contribution in [2.75, 3.05) is 13.1 Å². The van der Waals surface area contributed by atoms with Crippen LogP contribution in [0.25, 0.3) is 0 Å². The number of hydrogen-bond acceptors (Lipinski definition) is 5. The molecule has 0 unspecified atom stereocenters. The number of nitro benzene ring substituents is 1. The standard InChI is InChI=1S/C11H10F2N2O5S/c12-8-4-9(13)11(5-10(8)15(17)18)21(19,20)14-3-1-2-7(16)6-14/h4-5H,1-3,6H2. The molecule has 0 N–H and O–H groups in total. The first-order valence-corrected chi connectivity index (χ1v) is 7.33. The van der Waals surface area contributed by atoms with Gasteiger partial charge in [-0.1, -0.05) is 0 Å². The zero-order valence-electron chi connectivity index (χ0n) is 10.6. The second kappa shape index (κ2) is 5.45. The number of Topliss-reactive ketones (excluding diaryl/α,β-unsaturated/α-hetero) is 1. The fourth-order valence-corrected chi connectivity index (χ4v) is 3.54. The van der Waals surface area contributed by atoms with Crippen LogP contribution in [0.4, 0.5) is 14.5 Å². The molecule has 0 atom stereocenters. The topological polar surface area (TPSA) is 97.6 Å². The maximum absolute atomic E-state index is 13.7. The Labute approximate surface area is 118 Å². The Morgan fingerprint density at radius 2 is 1.90 bits per heavy atom. The Bertz CT molecular complexity index is 720. The van der Waals surface area contributed by atoms with E-state index in [-0.39, 0.29) is 31.2 Å². The normalized spacial score (nSPS) is 17.0. The van der Waals surface area contributed by atoms with Crippen molar-refractivity contribution in [3.63, 3.8) is 0 Å². The van der Waals surface area contributed by atoms with Crippen molar-refractivity contribution in [3.05, 3.63) is 33.9 Å². The van der Waals surface area contributed by atoms with Gasteiger partial charge < -0.3 is 0 Å². The molecule has 0 radical (unpaired) electrons. The third-order valence-corrected chi connectivity index (χ3v) is 4.89. The molecule has 1 heterocycles. The SMILES string of the molecule is O=C1CCCN(S(=O)(=O)c2cc([N+](=O)[O-])c(F)cc2F)C1. The highest BCUT2D eigenvalue weighted by Crippen LogP contribution is 2.28. The Hall–Kier alpha value is -1.94. The molecule has 1 aromatic carbocycles. The number of sulfonamides is 1. The predicted octanol–water partition coefficient (Wildman–Crippen LogP) is 1.23. The predicted molar refractivity (Wildman–Crippen MR) is 66.0 cm³/mol. The van der Waals surface area contributed by atoms with E-state index in [0.717, 1.165) is 4.31 Å². The molecule has 0 spiro atoms. The number of carbonyl (C=O) groups is 1. The number of ketones is 1. The Morgan fingerprint density at radius 1 is 1.24 bits per heavy atom. The highest BCUT2D eigenvalue weighted by Gasteiger charge is 2.33. The van der Waals surface area contributed by atoms with Crippen LogP contribution in [0.5, 0.6) is 0 Å². The third-order valence-electron chi connectivity index (χ3n) is 3.03. The van der Waals surface area contributed by atoms with Gasteiger partial charge in [0.25, 0.3) is 0 Å². The van der Waals surface area contributed by atoms with Gasteiger partial charge >= 0.3 is 5.69 Å². The van der Waals surface area contributed by atoms with Crippen molar-refractivity contribution in [1.82, 2.24) is 4.31 Å². The zero-order valence-corrected chi connectivity index (χ0v) is 11.4. The molecule has 1 aliphatic rings. The van der Waals surface area contributed by atoms with E-state index in [1.807, 2.05) is 0 Å². The fraction of sp³-hybridized carbons (Fsp3) is 0.364. The number of halogens is 2. The van der Waals surface area contributed by atoms with Gasteiger partial charge in [0.05, 0.1) is 11.5 Å². The summed E-state index contributed by atoms with van der Waals surface area (Å²) in [6.07, 6.45) is 0.501. The summed E-state index contributed by atoms with van der Waals surface area (Å²) in [6, 6.07) is 0.482. The monoisotopic (exact) mass is 320 g/mol. The molecule has 0 amide bonds. The average Bonchev–Trinajstić information content (AvgIpc) is 2.37. The van der Waals surface area contributed by atoms with Gasteiger partial charge in [-0.05, 0) is 6.42 Å². The molecule has 2 rings (SSSR count). The van der Waals surface area contributed by atoms with Gasteiger partial charge in [0, 0.05) is 25.1 Å². The van der Waals surface area contributed by atoms with Crippen LogP contribution in [0.3, 0.4) is 0 Å². The number of carbonyl (C=O) groups excluding carboxylic acids is 1. The van der Waals surface area contributed by atoms with Crippen LogP contribution in [-0.2, 0) is 14.8 Å². The first-order valence-electron chi connectivity index (χ1n) is 5.89. The van der Waals surface area contributed by atoms with Crippen LogP contribution < -0.4 is 0 Å². The van der Waals surface area contributed by atoms with Gasteiger partial charge in [-0.25, -0.2) is 12.8 Å². The van der Waals surface area contributed by atoms with Crippen molar-refractivity contribution in [1.29, 1.82) is 0 Å². The lowest BCUT2D eigenvalue weighted by molar-refractivity contribution is -0.387. The van der Waals surface area contributed by atoms with E-state index in [1.54, 1.807) is 0 Å². The van der Waals surface area contributed by atoms with Gasteiger partial charge in [-0.15, -0.1) is 0 Å². The summed E-state index contributed by atoms with van der Waals surface area (Å²) in [5.74, 6) is -3.23. The Kier molecular flexibility index (Phi) is 4.01. The molecule has 0 aliphatic carbocycles. The van der Waals surface area contributed by atoms with Gasteiger partial charge in [0.2, 0.25) is 15.8 Å². The van der Waals surface area contributed by atoms with Crippen molar-refractivity contribution in [2.45, 2.75) is 17.7 Å². The third kappa shape index (κ3) is 2.90. The van der Waals surface area contributed by atoms with Crippen LogP contribution >= 0.6 is 0 Å². The van der Waals surface area contributed by atoms with E-state index >= 15 is 0 Å². The van der Waals surface area contributed by atoms with Crippen molar-refractivity contribution in [3.8, 4) is 0 Å². The molecule has 0 saturated carbocycles. The lowest BCUT2D eigenvalue weighted by atomic mass is 10.1. The van der Waals surface area contributed by atoms with Crippen LogP contribution in [0.2, 0.25) is 0 Å². The molecule has 21 heavy (non-hydrogen) atoms. The minimum Gasteiger partial charge on any atom is -0.298 e. The second-order valence-corrected chi connectivity index (χ2v) is 6.38. The van der Waals surface area contributed by atoms with Crippen LogP contribution in [0.15, 0.2) is 17.0 Å². The molecular formula is C11H10F2N2O5S. The molecule has 10 heteroatoms. The summed E-state index contributed by atoms with van der Waals surface area (Å²) < 4.78 is 52.1. The summed E-state index contributed by atoms with van der Waals surface area (Å²) >= 11 is 0. The first-order chi connectivity index (χ1) is 9.73. The maximum atomic E-state index is 13.7. The summed E-state index contributed by atoms with van der Waals surface area (Å²) in [5, 5.41) is 10.6. The number of rotatable bonds is 3. The number of benzene rings is 1. The largest absolute Gasteiger partial charge is 0.306 e. The van der Waals surface area contributed by atoms with Crippen LogP contribution in [-0.4, -0.2) is 36.5 Å². The van der Waals surface area contributed by atoms with Crippen LogP contribution in [0, 0.1) is 21.7 Å². The number of hydrogen-bond donors (Lipinski definition) is 0. The van der Waals surface area contributed by atoms with Crippen LogP contribution in [0.1, 0.15) is 12.8 Å². The van der Waals surface area contributed by atoms with Gasteiger partial charge in [0.1, 0.15) is 16.5 Å². The molecule has 1 aromatic rings. The molecular weight excluding hydrogens is 310 g/mol. The highest BCUT2D eigenvalue weighted by atomic mass is 32.2. The molecule has 0 bridgehead atoms. The molecule has 0 aromatic heterocycles. The van der Waals surface area contributed by atoms with Crippen molar-refractivity contribution in [2.24, 2.45) is 0 Å². The molecule has 1 saturated heterocycles. The minimum atomic E-state index is -4.43. The Morgan fingerprint density at radius 3 is 2.48 bits per heavy atom. The molecule has 114 valence electrons. The van der Waals surface area contributed by atoms with Crippen molar-refractivity contribution >= 4 is 21.5 Å². The quantitative estimate of drug-likeness (QED) is 0.616. The lowest BCUT2D eigenvalue weighted by Gasteiger charge is -2.25. The smallest absolute Gasteiger partial charge is 0.298 e. The first kappa shape index (κ1) is 15.4. The maximum Gasteiger partial charge on any atom is 0.306 e.